The van der Waals surface area contributed by atoms with Gasteiger partial charge in [-0.15, -0.1) is 0 Å². The van der Waals surface area contributed by atoms with Gasteiger partial charge in [0, 0.05) is 0 Å². The van der Waals surface area contributed by atoms with Gasteiger partial charge in [-0.3, -0.25) is 0 Å². The van der Waals surface area contributed by atoms with Crippen LogP contribution in [0.2, 0.25) is 0 Å². The molecule has 0 aliphatic heterocycles. The fraction of sp³-hybridized carbons (Fsp3) is 0.667. The van der Waals surface area contributed by atoms with Gasteiger partial charge in [0.2, 0.25) is 0 Å². The lowest BCUT2D eigenvalue weighted by atomic mass is 9.81. The van der Waals surface area contributed by atoms with E-state index in [0.29, 0.717) is 17.4 Å². The molecule has 0 bridgehead atoms. The highest BCUT2D eigenvalue weighted by Gasteiger charge is 2.26. The summed E-state index contributed by atoms with van der Waals surface area (Å²) in [5.41, 5.74) is 2.91. The van der Waals surface area contributed by atoms with E-state index in [1.54, 1.807) is 0 Å². The largest absolute Gasteiger partial charge is 0.478 e. The molecule has 2 saturated carbocycles. The second-order valence-corrected chi connectivity index (χ2v) is 7.49. The summed E-state index contributed by atoms with van der Waals surface area (Å²) >= 11 is 0. The molecule has 1 N–H and O–H groups in total. The number of aromatic carboxylic acids is 1. The lowest BCUT2D eigenvalue weighted by Gasteiger charge is -2.23. The van der Waals surface area contributed by atoms with E-state index in [1.165, 1.54) is 51.4 Å². The summed E-state index contributed by atoms with van der Waals surface area (Å²) in [6, 6.07) is 6.31. The van der Waals surface area contributed by atoms with E-state index >= 15 is 0 Å². The molecule has 2 heteroatoms. The van der Waals surface area contributed by atoms with Crippen LogP contribution in [0.1, 0.15) is 110 Å². The molecule has 0 unspecified atom stereocenters. The molecule has 3 rings (SSSR count). The molecule has 0 atom stereocenters. The van der Waals surface area contributed by atoms with Crippen molar-refractivity contribution in [1.82, 2.24) is 0 Å². The average Bonchev–Trinajstić information content (AvgIpc) is 2.99. The highest BCUT2D eigenvalue weighted by molar-refractivity contribution is 5.91. The van der Waals surface area contributed by atoms with Crippen LogP contribution in [0.4, 0.5) is 0 Å². The molecule has 0 saturated heterocycles. The molecular weight excluding hydrogens is 284 g/mol. The minimum Gasteiger partial charge on any atom is -0.478 e. The fourth-order valence-corrected chi connectivity index (χ4v) is 4.70. The predicted octanol–water partition coefficient (Wildman–Crippen LogP) is 6.26. The minimum atomic E-state index is -0.705. The molecule has 0 radical (unpaired) electrons. The van der Waals surface area contributed by atoms with Crippen LogP contribution < -0.4 is 0 Å². The van der Waals surface area contributed by atoms with Crippen molar-refractivity contribution in [1.29, 1.82) is 0 Å². The van der Waals surface area contributed by atoms with Crippen LogP contribution in [0.15, 0.2) is 18.2 Å². The number of hydrogen-bond donors (Lipinski definition) is 1. The maximum absolute atomic E-state index is 12.1. The Labute approximate surface area is 140 Å². The van der Waals surface area contributed by atoms with Crippen molar-refractivity contribution in [3.05, 3.63) is 34.9 Å². The predicted molar refractivity (Wildman–Crippen MR) is 94.3 cm³/mol. The fourth-order valence-electron chi connectivity index (χ4n) is 4.70. The van der Waals surface area contributed by atoms with E-state index < -0.39 is 5.97 Å². The average molecular weight is 314 g/mol. The standard InChI is InChI=1S/C21H30O2/c22-21(23)20-18(16-10-5-1-2-6-11-16)14-9-15-19(20)17-12-7-3-4-8-13-17/h9,14-17H,1-8,10-13H2,(H,22,23). The molecular formula is C21H30O2. The highest BCUT2D eigenvalue weighted by atomic mass is 16.4. The van der Waals surface area contributed by atoms with Crippen molar-refractivity contribution in [2.45, 2.75) is 88.9 Å². The van der Waals surface area contributed by atoms with Crippen molar-refractivity contribution in [2.24, 2.45) is 0 Å². The molecule has 2 aliphatic rings. The van der Waals surface area contributed by atoms with Gasteiger partial charge in [-0.1, -0.05) is 69.6 Å². The number of carboxylic acids is 1. The topological polar surface area (TPSA) is 37.3 Å². The third kappa shape index (κ3) is 3.97. The first-order valence-electron chi connectivity index (χ1n) is 9.63. The quantitative estimate of drug-likeness (QED) is 0.668. The number of carboxylic acid groups (broad SMARTS) is 1. The maximum Gasteiger partial charge on any atom is 0.336 e. The van der Waals surface area contributed by atoms with E-state index in [0.717, 1.165) is 36.8 Å². The van der Waals surface area contributed by atoms with Gasteiger partial charge in [0.15, 0.2) is 0 Å². The van der Waals surface area contributed by atoms with Crippen LogP contribution in [-0.2, 0) is 0 Å². The number of benzene rings is 1. The Hall–Kier alpha value is -1.31. The minimum absolute atomic E-state index is 0.453. The van der Waals surface area contributed by atoms with Crippen LogP contribution >= 0.6 is 0 Å². The number of carbonyl (C=O) groups is 1. The first-order valence-corrected chi connectivity index (χ1v) is 9.63. The zero-order valence-electron chi connectivity index (χ0n) is 14.2. The van der Waals surface area contributed by atoms with Gasteiger partial charge >= 0.3 is 5.97 Å². The number of hydrogen-bond acceptors (Lipinski definition) is 1. The normalized spacial score (nSPS) is 21.6. The summed E-state index contributed by atoms with van der Waals surface area (Å²) in [6.45, 7) is 0. The first-order chi connectivity index (χ1) is 11.3. The van der Waals surface area contributed by atoms with Crippen LogP contribution in [0.5, 0.6) is 0 Å². The summed E-state index contributed by atoms with van der Waals surface area (Å²) in [4.78, 5) is 12.1. The molecule has 1 aromatic rings. The Kier molecular flexibility index (Phi) is 5.75. The van der Waals surface area contributed by atoms with Crippen LogP contribution in [-0.4, -0.2) is 11.1 Å². The third-order valence-corrected chi connectivity index (χ3v) is 5.93. The Morgan fingerprint density at radius 3 is 1.48 bits per heavy atom. The molecule has 0 aromatic heterocycles. The number of rotatable bonds is 3. The van der Waals surface area contributed by atoms with Gasteiger partial charge in [0.1, 0.15) is 0 Å². The van der Waals surface area contributed by atoms with E-state index in [2.05, 4.69) is 18.2 Å². The first kappa shape index (κ1) is 16.5. The van der Waals surface area contributed by atoms with E-state index in [9.17, 15) is 9.90 Å². The van der Waals surface area contributed by atoms with Crippen LogP contribution in [0, 0.1) is 0 Å². The second-order valence-electron chi connectivity index (χ2n) is 7.49. The summed E-state index contributed by atoms with van der Waals surface area (Å²) in [5.74, 6) is 0.202. The second kappa shape index (κ2) is 7.99. The Balaban J connectivity index is 1.95. The summed E-state index contributed by atoms with van der Waals surface area (Å²) in [6.07, 6.45) is 14.9. The maximum atomic E-state index is 12.1. The molecule has 0 amide bonds. The summed E-state index contributed by atoms with van der Waals surface area (Å²) < 4.78 is 0. The zero-order chi connectivity index (χ0) is 16.1. The smallest absolute Gasteiger partial charge is 0.336 e. The lowest BCUT2D eigenvalue weighted by Crippen LogP contribution is -2.13. The van der Waals surface area contributed by atoms with E-state index in [4.69, 9.17) is 0 Å². The Morgan fingerprint density at radius 1 is 0.739 bits per heavy atom. The highest BCUT2D eigenvalue weighted by Crippen LogP contribution is 2.39. The monoisotopic (exact) mass is 314 g/mol. The molecule has 126 valence electrons. The summed E-state index contributed by atoms with van der Waals surface area (Å²) in [7, 11) is 0. The molecule has 0 spiro atoms. The van der Waals surface area contributed by atoms with Gasteiger partial charge in [0.05, 0.1) is 5.56 Å². The van der Waals surface area contributed by atoms with Crippen molar-refractivity contribution in [3.8, 4) is 0 Å². The third-order valence-electron chi connectivity index (χ3n) is 5.93. The molecule has 23 heavy (non-hydrogen) atoms. The SMILES string of the molecule is O=C(O)c1c(C2CCCCCC2)cccc1C1CCCCCC1. The van der Waals surface area contributed by atoms with E-state index in [1.807, 2.05) is 0 Å². The van der Waals surface area contributed by atoms with Crippen molar-refractivity contribution in [3.63, 3.8) is 0 Å². The van der Waals surface area contributed by atoms with Gasteiger partial charge < -0.3 is 5.11 Å². The van der Waals surface area contributed by atoms with Crippen LogP contribution in [0.25, 0.3) is 0 Å². The Bertz CT molecular complexity index is 480. The zero-order valence-corrected chi connectivity index (χ0v) is 14.2. The molecule has 0 heterocycles. The van der Waals surface area contributed by atoms with Crippen molar-refractivity contribution in [2.75, 3.05) is 0 Å². The van der Waals surface area contributed by atoms with Crippen molar-refractivity contribution >= 4 is 5.97 Å². The lowest BCUT2D eigenvalue weighted by molar-refractivity contribution is 0.0693. The molecule has 2 fully saturated rings. The molecule has 2 aliphatic carbocycles. The van der Waals surface area contributed by atoms with Gasteiger partial charge in [-0.05, 0) is 48.6 Å². The van der Waals surface area contributed by atoms with Crippen molar-refractivity contribution < 1.29 is 9.90 Å². The van der Waals surface area contributed by atoms with Gasteiger partial charge in [-0.25, -0.2) is 4.79 Å². The van der Waals surface area contributed by atoms with Crippen LogP contribution in [0.3, 0.4) is 0 Å². The van der Waals surface area contributed by atoms with Gasteiger partial charge in [-0.2, -0.15) is 0 Å². The summed E-state index contributed by atoms with van der Waals surface area (Å²) in [5, 5.41) is 9.95. The van der Waals surface area contributed by atoms with Gasteiger partial charge in [0.25, 0.3) is 0 Å². The Morgan fingerprint density at radius 2 is 1.13 bits per heavy atom. The molecule has 1 aromatic carbocycles. The molecule has 2 nitrogen and oxygen atoms in total. The van der Waals surface area contributed by atoms with E-state index in [-0.39, 0.29) is 0 Å².